The lowest BCUT2D eigenvalue weighted by molar-refractivity contribution is -0.121. The first-order valence-corrected chi connectivity index (χ1v) is 11.5. The fraction of sp³-hybridized carbons (Fsp3) is 0.400. The Hall–Kier alpha value is -2.86. The molecule has 170 valence electrons. The molecule has 0 atom stereocenters. The number of rotatable bonds is 10. The predicted octanol–water partition coefficient (Wildman–Crippen LogP) is 4.20. The van der Waals surface area contributed by atoms with E-state index in [4.69, 9.17) is 11.6 Å². The molecule has 0 fully saturated rings. The Labute approximate surface area is 192 Å². The third kappa shape index (κ3) is 5.88. The normalized spacial score (nSPS) is 11.2. The van der Waals surface area contributed by atoms with Crippen molar-refractivity contribution in [2.45, 2.75) is 52.6 Å². The Morgan fingerprint density at radius 3 is 2.47 bits per heavy atom. The summed E-state index contributed by atoms with van der Waals surface area (Å²) in [4.78, 5) is 38.2. The number of carbonyl (C=O) groups is 1. The maximum absolute atomic E-state index is 13.3. The SMILES string of the molecule is CC(C)CCNC(=O)CCCCn1c(=O)c2ccccc2n(Cc2ccccc2Cl)c1=O. The number of para-hydroxylation sites is 1. The third-order valence-corrected chi connectivity index (χ3v) is 5.87. The van der Waals surface area contributed by atoms with Gasteiger partial charge in [0.05, 0.1) is 17.4 Å². The van der Waals surface area contributed by atoms with Crippen LogP contribution in [-0.2, 0) is 17.9 Å². The van der Waals surface area contributed by atoms with Crippen molar-refractivity contribution < 1.29 is 4.79 Å². The van der Waals surface area contributed by atoms with E-state index in [1.165, 1.54) is 4.57 Å². The first-order valence-electron chi connectivity index (χ1n) is 11.1. The van der Waals surface area contributed by atoms with Crippen LogP contribution in [-0.4, -0.2) is 21.6 Å². The molecule has 0 aliphatic rings. The van der Waals surface area contributed by atoms with Gasteiger partial charge in [0.25, 0.3) is 5.56 Å². The highest BCUT2D eigenvalue weighted by atomic mass is 35.5. The molecule has 32 heavy (non-hydrogen) atoms. The zero-order valence-electron chi connectivity index (χ0n) is 18.6. The predicted molar refractivity (Wildman–Crippen MR) is 129 cm³/mol. The maximum atomic E-state index is 13.3. The number of fused-ring (bicyclic) bond motifs is 1. The van der Waals surface area contributed by atoms with Crippen molar-refractivity contribution in [3.63, 3.8) is 0 Å². The number of hydrogen-bond acceptors (Lipinski definition) is 3. The van der Waals surface area contributed by atoms with Crippen molar-refractivity contribution >= 4 is 28.4 Å². The average Bonchev–Trinajstić information content (AvgIpc) is 2.77. The highest BCUT2D eigenvalue weighted by molar-refractivity contribution is 6.31. The van der Waals surface area contributed by atoms with E-state index in [1.54, 1.807) is 28.8 Å². The molecule has 7 heteroatoms. The molecular formula is C25H30ClN3O3. The highest BCUT2D eigenvalue weighted by Gasteiger charge is 2.14. The van der Waals surface area contributed by atoms with Crippen LogP contribution in [0.1, 0.15) is 45.1 Å². The molecule has 0 spiro atoms. The third-order valence-electron chi connectivity index (χ3n) is 5.50. The Bertz CT molecular complexity index is 1200. The Morgan fingerprint density at radius 2 is 1.72 bits per heavy atom. The minimum atomic E-state index is -0.366. The van der Waals surface area contributed by atoms with Gasteiger partial charge in [-0.1, -0.05) is 55.8 Å². The van der Waals surface area contributed by atoms with Crippen molar-refractivity contribution in [2.24, 2.45) is 5.92 Å². The van der Waals surface area contributed by atoms with Crippen LogP contribution in [0.25, 0.3) is 10.9 Å². The van der Waals surface area contributed by atoms with E-state index in [2.05, 4.69) is 19.2 Å². The minimum Gasteiger partial charge on any atom is -0.356 e. The Balaban J connectivity index is 1.77. The number of unbranched alkanes of at least 4 members (excludes halogenated alkanes) is 1. The molecular weight excluding hydrogens is 426 g/mol. The number of nitrogens with one attached hydrogen (secondary N) is 1. The van der Waals surface area contributed by atoms with Crippen LogP contribution in [0.2, 0.25) is 5.02 Å². The molecule has 0 saturated heterocycles. The number of carbonyl (C=O) groups excluding carboxylic acids is 1. The maximum Gasteiger partial charge on any atom is 0.331 e. The van der Waals surface area contributed by atoms with E-state index < -0.39 is 0 Å². The molecule has 0 unspecified atom stereocenters. The molecule has 3 rings (SSSR count). The van der Waals surface area contributed by atoms with Gasteiger partial charge in [0.1, 0.15) is 0 Å². The molecule has 1 heterocycles. The molecule has 6 nitrogen and oxygen atoms in total. The van der Waals surface area contributed by atoms with Gasteiger partial charge in [-0.25, -0.2) is 4.79 Å². The summed E-state index contributed by atoms with van der Waals surface area (Å²) in [6.07, 6.45) is 2.51. The largest absolute Gasteiger partial charge is 0.356 e. The van der Waals surface area contributed by atoms with Gasteiger partial charge in [0, 0.05) is 24.5 Å². The number of aromatic nitrogens is 2. The molecule has 3 aromatic rings. The molecule has 1 amide bonds. The van der Waals surface area contributed by atoms with Crippen molar-refractivity contribution in [2.75, 3.05) is 6.54 Å². The molecule has 0 aliphatic carbocycles. The summed E-state index contributed by atoms with van der Waals surface area (Å²) in [5.74, 6) is 0.552. The van der Waals surface area contributed by atoms with Gasteiger partial charge in [-0.2, -0.15) is 0 Å². The van der Waals surface area contributed by atoms with Gasteiger partial charge in [-0.3, -0.25) is 18.7 Å². The van der Waals surface area contributed by atoms with E-state index >= 15 is 0 Å². The smallest absolute Gasteiger partial charge is 0.331 e. The summed E-state index contributed by atoms with van der Waals surface area (Å²) in [5, 5.41) is 3.98. The molecule has 1 aromatic heterocycles. The number of amides is 1. The van der Waals surface area contributed by atoms with E-state index in [1.807, 2.05) is 24.3 Å². The van der Waals surface area contributed by atoms with Gasteiger partial charge >= 0.3 is 5.69 Å². The van der Waals surface area contributed by atoms with Crippen LogP contribution in [0.4, 0.5) is 0 Å². The summed E-state index contributed by atoms with van der Waals surface area (Å²) in [7, 11) is 0. The quantitative estimate of drug-likeness (QED) is 0.466. The van der Waals surface area contributed by atoms with E-state index in [9.17, 15) is 14.4 Å². The second kappa shape index (κ2) is 11.1. The monoisotopic (exact) mass is 455 g/mol. The van der Waals surface area contributed by atoms with E-state index in [0.717, 1.165) is 12.0 Å². The molecule has 2 aromatic carbocycles. The van der Waals surface area contributed by atoms with Crippen molar-refractivity contribution in [3.05, 3.63) is 80.0 Å². The van der Waals surface area contributed by atoms with Crippen LogP contribution in [0.3, 0.4) is 0 Å². The summed E-state index contributed by atoms with van der Waals surface area (Å²) < 4.78 is 2.87. The Morgan fingerprint density at radius 1 is 1.00 bits per heavy atom. The van der Waals surface area contributed by atoms with Crippen LogP contribution < -0.4 is 16.6 Å². The van der Waals surface area contributed by atoms with Crippen molar-refractivity contribution in [1.29, 1.82) is 0 Å². The number of hydrogen-bond donors (Lipinski definition) is 1. The Kier molecular flexibility index (Phi) is 8.28. The van der Waals surface area contributed by atoms with Crippen molar-refractivity contribution in [3.8, 4) is 0 Å². The van der Waals surface area contributed by atoms with Crippen LogP contribution in [0.5, 0.6) is 0 Å². The van der Waals surface area contributed by atoms with Gasteiger partial charge in [-0.05, 0) is 48.9 Å². The molecule has 0 saturated carbocycles. The lowest BCUT2D eigenvalue weighted by atomic mass is 10.1. The zero-order chi connectivity index (χ0) is 23.1. The number of halogens is 1. The zero-order valence-corrected chi connectivity index (χ0v) is 19.4. The summed E-state index contributed by atoms with van der Waals surface area (Å²) >= 11 is 6.31. The summed E-state index contributed by atoms with van der Waals surface area (Å²) in [6.45, 7) is 5.45. The molecule has 0 aliphatic heterocycles. The van der Waals surface area contributed by atoms with E-state index in [0.29, 0.717) is 47.7 Å². The minimum absolute atomic E-state index is 0.00707. The van der Waals surface area contributed by atoms with Gasteiger partial charge in [0.15, 0.2) is 0 Å². The average molecular weight is 456 g/mol. The van der Waals surface area contributed by atoms with Crippen LogP contribution in [0.15, 0.2) is 58.1 Å². The first-order chi connectivity index (χ1) is 15.4. The highest BCUT2D eigenvalue weighted by Crippen LogP contribution is 2.17. The van der Waals surface area contributed by atoms with Gasteiger partial charge < -0.3 is 5.32 Å². The fourth-order valence-electron chi connectivity index (χ4n) is 3.66. The topological polar surface area (TPSA) is 73.1 Å². The second-order valence-electron chi connectivity index (χ2n) is 8.42. The molecule has 1 N–H and O–H groups in total. The van der Waals surface area contributed by atoms with Crippen molar-refractivity contribution in [1.82, 2.24) is 14.5 Å². The lowest BCUT2D eigenvalue weighted by Gasteiger charge is -2.15. The summed E-state index contributed by atoms with van der Waals surface area (Å²) in [6, 6.07) is 14.5. The second-order valence-corrected chi connectivity index (χ2v) is 8.83. The van der Waals surface area contributed by atoms with E-state index in [-0.39, 0.29) is 30.2 Å². The van der Waals surface area contributed by atoms with Crippen LogP contribution in [0, 0.1) is 5.92 Å². The van der Waals surface area contributed by atoms with Crippen LogP contribution >= 0.6 is 11.6 Å². The van der Waals surface area contributed by atoms with Gasteiger partial charge in [-0.15, -0.1) is 0 Å². The standard InChI is InChI=1S/C25H30ClN3O3/c1-18(2)14-15-27-23(30)13-7-8-16-28-24(31)20-10-4-6-12-22(20)29(25(28)32)17-19-9-3-5-11-21(19)26/h3-6,9-12,18H,7-8,13-17H2,1-2H3,(H,27,30). The lowest BCUT2D eigenvalue weighted by Crippen LogP contribution is -2.40. The fourth-order valence-corrected chi connectivity index (χ4v) is 3.86. The molecule has 0 radical (unpaired) electrons. The number of benzene rings is 2. The number of nitrogens with zero attached hydrogens (tertiary/aromatic N) is 2. The molecule has 0 bridgehead atoms. The summed E-state index contributed by atoms with van der Waals surface area (Å²) in [5.41, 5.74) is 0.727. The first kappa shape index (κ1) is 23.8. The van der Waals surface area contributed by atoms with Gasteiger partial charge in [0.2, 0.25) is 5.91 Å².